The first-order valence-electron chi connectivity index (χ1n) is 2.72. The molecule has 0 heterocycles. The normalized spacial score (nSPS) is 8.89. The molecule has 0 aromatic rings. The Bertz CT molecular complexity index is 102. The van der Waals surface area contributed by atoms with Crippen molar-refractivity contribution in [2.24, 2.45) is 0 Å². The van der Waals surface area contributed by atoms with Crippen molar-refractivity contribution in [1.29, 1.82) is 0 Å². The molecule has 0 aromatic heterocycles. The number of urea groups is 1. The van der Waals surface area contributed by atoms with Gasteiger partial charge < -0.3 is 4.90 Å². The quantitative estimate of drug-likeness (QED) is 0.497. The highest BCUT2D eigenvalue weighted by atomic mass is 16.2. The van der Waals surface area contributed by atoms with E-state index in [-0.39, 0.29) is 6.03 Å². The van der Waals surface area contributed by atoms with Crippen LogP contribution in [0, 0.1) is 0 Å². The molecule has 0 unspecified atom stereocenters. The lowest BCUT2D eigenvalue weighted by Gasteiger charge is -2.19. The van der Waals surface area contributed by atoms with Gasteiger partial charge in [-0.05, 0) is 0 Å². The van der Waals surface area contributed by atoms with Crippen LogP contribution in [0.25, 0.3) is 0 Å². The molecule has 0 aliphatic heterocycles. The molecule has 54 valence electrons. The summed E-state index contributed by atoms with van der Waals surface area (Å²) in [7, 11) is 6.77. The van der Waals surface area contributed by atoms with Crippen LogP contribution in [0.1, 0.15) is 0 Å². The molecule has 9 heavy (non-hydrogen) atoms. The molecule has 0 saturated heterocycles. The van der Waals surface area contributed by atoms with Gasteiger partial charge in [-0.15, -0.1) is 0 Å². The maximum absolute atomic E-state index is 10.9. The van der Waals surface area contributed by atoms with E-state index < -0.39 is 0 Å². The van der Waals surface area contributed by atoms with Crippen LogP contribution in [-0.2, 0) is 0 Å². The molecule has 0 fully saturated rings. The fourth-order valence-electron chi connectivity index (χ4n) is 0.396. The average molecular weight is 131 g/mol. The summed E-state index contributed by atoms with van der Waals surface area (Å²) >= 11 is 0. The monoisotopic (exact) mass is 131 g/mol. The van der Waals surface area contributed by atoms with Gasteiger partial charge in [0.25, 0.3) is 0 Å². The molecule has 0 aliphatic carbocycles. The molecule has 0 saturated carbocycles. The minimum absolute atomic E-state index is 0.0579. The number of carbonyl (C=O) groups is 1. The third-order valence-electron chi connectivity index (χ3n) is 1.00. The molecular formula is C5H13N3O. The van der Waals surface area contributed by atoms with E-state index in [9.17, 15) is 4.79 Å². The Hall–Kier alpha value is -0.770. The van der Waals surface area contributed by atoms with Gasteiger partial charge in [-0.2, -0.15) is 0 Å². The topological polar surface area (TPSA) is 35.6 Å². The summed E-state index contributed by atoms with van der Waals surface area (Å²) in [6, 6.07) is -0.0579. The van der Waals surface area contributed by atoms with E-state index in [4.69, 9.17) is 0 Å². The highest BCUT2D eigenvalue weighted by molar-refractivity contribution is 5.72. The van der Waals surface area contributed by atoms with Gasteiger partial charge >= 0.3 is 6.03 Å². The summed E-state index contributed by atoms with van der Waals surface area (Å²) in [6.07, 6.45) is 0. The van der Waals surface area contributed by atoms with Crippen molar-refractivity contribution in [1.82, 2.24) is 15.3 Å². The van der Waals surface area contributed by atoms with E-state index in [0.29, 0.717) is 0 Å². The third-order valence-corrected chi connectivity index (χ3v) is 1.00. The van der Waals surface area contributed by atoms with E-state index in [1.165, 1.54) is 9.91 Å². The van der Waals surface area contributed by atoms with Crippen LogP contribution in [0.3, 0.4) is 0 Å². The average Bonchev–Trinajstić information content (AvgIpc) is 1.84. The second-order valence-corrected chi connectivity index (χ2v) is 1.96. The maximum Gasteiger partial charge on any atom is 0.333 e. The van der Waals surface area contributed by atoms with Crippen LogP contribution in [0.4, 0.5) is 4.79 Å². The van der Waals surface area contributed by atoms with Gasteiger partial charge in [-0.3, -0.25) is 5.01 Å². The molecule has 0 rings (SSSR count). The summed E-state index contributed by atoms with van der Waals surface area (Å²) in [4.78, 5) is 12.4. The molecule has 0 aliphatic rings. The zero-order chi connectivity index (χ0) is 7.44. The Morgan fingerprint density at radius 2 is 1.78 bits per heavy atom. The Kier molecular flexibility index (Phi) is 3.01. The van der Waals surface area contributed by atoms with Crippen LogP contribution in [0.2, 0.25) is 0 Å². The largest absolute Gasteiger partial charge is 0.333 e. The SMILES string of the molecule is CNN(C)C(=O)N(C)C. The van der Waals surface area contributed by atoms with E-state index in [1.54, 1.807) is 28.2 Å². The number of nitrogens with zero attached hydrogens (tertiary/aromatic N) is 2. The standard InChI is InChI=1S/C5H13N3O/c1-6-8(4)5(9)7(2)3/h6H,1-4H3. The van der Waals surface area contributed by atoms with Gasteiger partial charge in [0.2, 0.25) is 0 Å². The molecule has 0 bridgehead atoms. The smallest absolute Gasteiger partial charge is 0.330 e. The van der Waals surface area contributed by atoms with Crippen molar-refractivity contribution in [3.8, 4) is 0 Å². The minimum atomic E-state index is -0.0579. The van der Waals surface area contributed by atoms with Gasteiger partial charge in [0.05, 0.1) is 0 Å². The summed E-state index contributed by atoms with van der Waals surface area (Å²) in [6.45, 7) is 0. The van der Waals surface area contributed by atoms with Crippen molar-refractivity contribution < 1.29 is 4.79 Å². The van der Waals surface area contributed by atoms with Crippen LogP contribution in [0.15, 0.2) is 0 Å². The van der Waals surface area contributed by atoms with Gasteiger partial charge in [-0.25, -0.2) is 10.2 Å². The molecule has 0 atom stereocenters. The van der Waals surface area contributed by atoms with Crippen molar-refractivity contribution >= 4 is 6.03 Å². The predicted molar refractivity (Wildman–Crippen MR) is 35.9 cm³/mol. The lowest BCUT2D eigenvalue weighted by molar-refractivity contribution is 0.166. The molecule has 0 spiro atoms. The molecule has 4 heteroatoms. The number of hydrogen-bond donors (Lipinski definition) is 1. The Balaban J connectivity index is 3.73. The second kappa shape index (κ2) is 3.29. The zero-order valence-electron chi connectivity index (χ0n) is 6.30. The Morgan fingerprint density at radius 3 is 1.89 bits per heavy atom. The van der Waals surface area contributed by atoms with Gasteiger partial charge in [0.1, 0.15) is 0 Å². The Labute approximate surface area is 55.4 Å². The summed E-state index contributed by atoms with van der Waals surface area (Å²) < 4.78 is 0. The lowest BCUT2D eigenvalue weighted by atomic mass is 10.8. The van der Waals surface area contributed by atoms with Gasteiger partial charge in [0.15, 0.2) is 0 Å². The fraction of sp³-hybridized carbons (Fsp3) is 0.800. The fourth-order valence-corrected chi connectivity index (χ4v) is 0.396. The molecular weight excluding hydrogens is 118 g/mol. The highest BCUT2D eigenvalue weighted by Gasteiger charge is 2.06. The Morgan fingerprint density at radius 1 is 1.33 bits per heavy atom. The minimum Gasteiger partial charge on any atom is -0.330 e. The number of rotatable bonds is 1. The summed E-state index contributed by atoms with van der Waals surface area (Å²) in [5.41, 5.74) is 2.69. The number of amides is 2. The number of carbonyl (C=O) groups excluding carboxylic acids is 1. The van der Waals surface area contributed by atoms with Crippen LogP contribution < -0.4 is 5.43 Å². The first-order chi connectivity index (χ1) is 4.09. The predicted octanol–water partition coefficient (Wildman–Crippen LogP) is -0.266. The van der Waals surface area contributed by atoms with Crippen molar-refractivity contribution in [3.63, 3.8) is 0 Å². The molecule has 1 N–H and O–H groups in total. The molecule has 4 nitrogen and oxygen atoms in total. The van der Waals surface area contributed by atoms with E-state index in [0.717, 1.165) is 0 Å². The second-order valence-electron chi connectivity index (χ2n) is 1.96. The zero-order valence-corrected chi connectivity index (χ0v) is 6.30. The summed E-state index contributed by atoms with van der Waals surface area (Å²) in [5, 5.41) is 1.40. The number of hydrazine groups is 1. The first-order valence-corrected chi connectivity index (χ1v) is 2.72. The maximum atomic E-state index is 10.9. The van der Waals surface area contributed by atoms with Crippen molar-refractivity contribution in [2.75, 3.05) is 28.2 Å². The number of hydrogen-bond acceptors (Lipinski definition) is 2. The first kappa shape index (κ1) is 8.23. The van der Waals surface area contributed by atoms with Crippen molar-refractivity contribution in [3.05, 3.63) is 0 Å². The third kappa shape index (κ3) is 2.32. The van der Waals surface area contributed by atoms with Crippen molar-refractivity contribution in [2.45, 2.75) is 0 Å². The van der Waals surface area contributed by atoms with Gasteiger partial charge in [0, 0.05) is 28.2 Å². The molecule has 0 aromatic carbocycles. The van der Waals surface area contributed by atoms with E-state index in [1.807, 2.05) is 0 Å². The molecule has 0 radical (unpaired) electrons. The van der Waals surface area contributed by atoms with Gasteiger partial charge in [-0.1, -0.05) is 0 Å². The summed E-state index contributed by atoms with van der Waals surface area (Å²) in [5.74, 6) is 0. The van der Waals surface area contributed by atoms with Crippen LogP contribution >= 0.6 is 0 Å². The lowest BCUT2D eigenvalue weighted by Crippen LogP contribution is -2.43. The molecule has 2 amide bonds. The van der Waals surface area contributed by atoms with Crippen LogP contribution in [-0.4, -0.2) is 44.1 Å². The highest BCUT2D eigenvalue weighted by Crippen LogP contribution is 1.83. The number of nitrogens with one attached hydrogen (secondary N) is 1. The van der Waals surface area contributed by atoms with E-state index >= 15 is 0 Å². The van der Waals surface area contributed by atoms with Crippen LogP contribution in [0.5, 0.6) is 0 Å². The van der Waals surface area contributed by atoms with E-state index in [2.05, 4.69) is 5.43 Å².